The molecule has 0 spiro atoms. The van der Waals surface area contributed by atoms with Crippen LogP contribution in [0.5, 0.6) is 5.75 Å². The molecule has 3 nitrogen and oxygen atoms in total. The van der Waals surface area contributed by atoms with Gasteiger partial charge in [0.25, 0.3) is 0 Å². The Hall–Kier alpha value is -2.47. The van der Waals surface area contributed by atoms with Gasteiger partial charge in [0.15, 0.2) is 0 Å². The van der Waals surface area contributed by atoms with Crippen molar-refractivity contribution in [2.75, 3.05) is 11.9 Å². The van der Waals surface area contributed by atoms with Crippen molar-refractivity contribution in [1.82, 2.24) is 4.98 Å². The summed E-state index contributed by atoms with van der Waals surface area (Å²) in [5.41, 5.74) is 1.87. The number of nitrogens with one attached hydrogen (secondary N) is 1. The largest absolute Gasteiger partial charge is 1.00 e. The summed E-state index contributed by atoms with van der Waals surface area (Å²) in [6, 6.07) is 12.4. The minimum absolute atomic E-state index is 0. The Morgan fingerprint density at radius 3 is 2.54 bits per heavy atom. The SMILES string of the molecule is CCOc1ccc2nc(C)cc(Nc3cccc(C(F)(F)F)c3)c2c1.[Cl-]. The summed E-state index contributed by atoms with van der Waals surface area (Å²) in [5, 5.41) is 3.86. The number of anilines is 2. The summed E-state index contributed by atoms with van der Waals surface area (Å²) in [5.74, 6) is 0.688. The molecule has 0 radical (unpaired) electrons. The van der Waals surface area contributed by atoms with Gasteiger partial charge in [0.2, 0.25) is 0 Å². The second kappa shape index (κ2) is 7.83. The Labute approximate surface area is 155 Å². The maximum atomic E-state index is 12.9. The third-order valence-corrected chi connectivity index (χ3v) is 3.69. The Kier molecular flexibility index (Phi) is 5.97. The van der Waals surface area contributed by atoms with Crippen LogP contribution in [-0.2, 0) is 6.18 Å². The molecule has 1 N–H and O–H groups in total. The fourth-order valence-electron chi connectivity index (χ4n) is 2.63. The number of halogens is 4. The normalized spacial score (nSPS) is 11.1. The molecule has 1 aromatic heterocycles. The van der Waals surface area contributed by atoms with Crippen molar-refractivity contribution in [2.24, 2.45) is 0 Å². The van der Waals surface area contributed by atoms with Gasteiger partial charge in [0, 0.05) is 22.5 Å². The molecule has 138 valence electrons. The van der Waals surface area contributed by atoms with Crippen LogP contribution >= 0.6 is 0 Å². The molecular weight excluding hydrogens is 365 g/mol. The number of ether oxygens (including phenoxy) is 1. The third-order valence-electron chi connectivity index (χ3n) is 3.69. The van der Waals surface area contributed by atoms with E-state index in [2.05, 4.69) is 10.3 Å². The number of aryl methyl sites for hydroxylation is 1. The standard InChI is InChI=1S/C19H17F3N2O.ClH/c1-3-25-15-7-8-17-16(11-15)18(9-12(2)23-17)24-14-6-4-5-13(10-14)19(20,21)22;/h4-11H,3H2,1-2H3,(H,23,24);1H/p-1. The summed E-state index contributed by atoms with van der Waals surface area (Å²) in [7, 11) is 0. The molecule has 0 aliphatic rings. The Morgan fingerprint density at radius 1 is 1.08 bits per heavy atom. The second-order valence-electron chi connectivity index (χ2n) is 5.63. The summed E-state index contributed by atoms with van der Waals surface area (Å²) in [4.78, 5) is 4.46. The van der Waals surface area contributed by atoms with Gasteiger partial charge in [-0.05, 0) is 56.3 Å². The lowest BCUT2D eigenvalue weighted by Crippen LogP contribution is -3.00. The molecule has 3 rings (SSSR count). The van der Waals surface area contributed by atoms with Crippen molar-refractivity contribution in [3.63, 3.8) is 0 Å². The minimum Gasteiger partial charge on any atom is -1.00 e. The van der Waals surface area contributed by atoms with Crippen LogP contribution in [0, 0.1) is 6.92 Å². The van der Waals surface area contributed by atoms with Gasteiger partial charge < -0.3 is 22.5 Å². The molecule has 7 heteroatoms. The molecule has 0 aliphatic heterocycles. The maximum absolute atomic E-state index is 12.9. The number of hydrogen-bond donors (Lipinski definition) is 1. The number of alkyl halides is 3. The van der Waals surface area contributed by atoms with E-state index in [0.29, 0.717) is 23.7 Å². The average Bonchev–Trinajstić information content (AvgIpc) is 2.55. The zero-order valence-electron chi connectivity index (χ0n) is 14.2. The van der Waals surface area contributed by atoms with Crippen molar-refractivity contribution in [1.29, 1.82) is 0 Å². The minimum atomic E-state index is -4.38. The van der Waals surface area contributed by atoms with Gasteiger partial charge in [-0.3, -0.25) is 4.98 Å². The fourth-order valence-corrected chi connectivity index (χ4v) is 2.63. The second-order valence-corrected chi connectivity index (χ2v) is 5.63. The predicted molar refractivity (Wildman–Crippen MR) is 92.4 cm³/mol. The van der Waals surface area contributed by atoms with Gasteiger partial charge in [0.1, 0.15) is 5.75 Å². The fraction of sp³-hybridized carbons (Fsp3) is 0.211. The van der Waals surface area contributed by atoms with Gasteiger partial charge in [0.05, 0.1) is 17.7 Å². The van der Waals surface area contributed by atoms with Gasteiger partial charge in [-0.2, -0.15) is 13.2 Å². The molecule has 0 aliphatic carbocycles. The van der Waals surface area contributed by atoms with Crippen molar-refractivity contribution < 1.29 is 30.3 Å². The number of fused-ring (bicyclic) bond motifs is 1. The van der Waals surface area contributed by atoms with Crippen LogP contribution in [0.2, 0.25) is 0 Å². The van der Waals surface area contributed by atoms with Crippen LogP contribution in [0.1, 0.15) is 18.2 Å². The number of hydrogen-bond acceptors (Lipinski definition) is 3. The highest BCUT2D eigenvalue weighted by Crippen LogP contribution is 2.33. The lowest BCUT2D eigenvalue weighted by atomic mass is 10.1. The molecule has 0 fully saturated rings. The van der Waals surface area contributed by atoms with Crippen molar-refractivity contribution in [3.8, 4) is 5.75 Å². The summed E-state index contributed by atoms with van der Waals surface area (Å²) >= 11 is 0. The molecule has 0 unspecified atom stereocenters. The lowest BCUT2D eigenvalue weighted by molar-refractivity contribution is -0.137. The van der Waals surface area contributed by atoms with Gasteiger partial charge in [-0.15, -0.1) is 0 Å². The Bertz CT molecular complexity index is 913. The van der Waals surface area contributed by atoms with Gasteiger partial charge in [-0.25, -0.2) is 0 Å². The van der Waals surface area contributed by atoms with Gasteiger partial charge in [-0.1, -0.05) is 6.07 Å². The molecular formula is C19H17ClF3N2O-. The van der Waals surface area contributed by atoms with E-state index in [1.54, 1.807) is 12.1 Å². The first-order chi connectivity index (χ1) is 11.9. The van der Waals surface area contributed by atoms with Crippen molar-refractivity contribution in [3.05, 3.63) is 59.8 Å². The zero-order chi connectivity index (χ0) is 18.0. The molecule has 0 saturated carbocycles. The number of aromatic nitrogens is 1. The van der Waals surface area contributed by atoms with Crippen LogP contribution in [0.3, 0.4) is 0 Å². The van der Waals surface area contributed by atoms with Crippen molar-refractivity contribution >= 4 is 22.3 Å². The summed E-state index contributed by atoms with van der Waals surface area (Å²) in [6.45, 7) is 4.26. The smallest absolute Gasteiger partial charge is 0.416 e. The molecule has 0 bridgehead atoms. The lowest BCUT2D eigenvalue weighted by Gasteiger charge is -2.14. The van der Waals surface area contributed by atoms with Crippen LogP contribution in [-0.4, -0.2) is 11.6 Å². The van der Waals surface area contributed by atoms with Gasteiger partial charge >= 0.3 is 6.18 Å². The molecule has 26 heavy (non-hydrogen) atoms. The Morgan fingerprint density at radius 2 is 1.85 bits per heavy atom. The molecule has 2 aromatic carbocycles. The van der Waals surface area contributed by atoms with E-state index in [-0.39, 0.29) is 12.4 Å². The molecule has 1 heterocycles. The van der Waals surface area contributed by atoms with Crippen molar-refractivity contribution in [2.45, 2.75) is 20.0 Å². The van der Waals surface area contributed by atoms with Crippen LogP contribution < -0.4 is 22.5 Å². The van der Waals surface area contributed by atoms with E-state index in [4.69, 9.17) is 4.74 Å². The summed E-state index contributed by atoms with van der Waals surface area (Å²) < 4.78 is 44.2. The summed E-state index contributed by atoms with van der Waals surface area (Å²) in [6.07, 6.45) is -4.38. The first-order valence-corrected chi connectivity index (χ1v) is 7.85. The van der Waals surface area contributed by atoms with E-state index in [0.717, 1.165) is 28.7 Å². The van der Waals surface area contributed by atoms with E-state index in [1.807, 2.05) is 32.0 Å². The molecule has 0 amide bonds. The molecule has 0 atom stereocenters. The highest BCUT2D eigenvalue weighted by atomic mass is 35.5. The maximum Gasteiger partial charge on any atom is 0.416 e. The van der Waals surface area contributed by atoms with E-state index >= 15 is 0 Å². The topological polar surface area (TPSA) is 34.1 Å². The number of nitrogens with zero attached hydrogens (tertiary/aromatic N) is 1. The van der Waals surface area contributed by atoms with E-state index in [1.165, 1.54) is 6.07 Å². The van der Waals surface area contributed by atoms with E-state index < -0.39 is 11.7 Å². The number of benzene rings is 2. The number of rotatable bonds is 4. The highest BCUT2D eigenvalue weighted by molar-refractivity contribution is 5.94. The molecule has 3 aromatic rings. The monoisotopic (exact) mass is 381 g/mol. The first-order valence-electron chi connectivity index (χ1n) is 7.85. The zero-order valence-corrected chi connectivity index (χ0v) is 14.9. The molecule has 0 saturated heterocycles. The highest BCUT2D eigenvalue weighted by Gasteiger charge is 2.30. The van der Waals surface area contributed by atoms with Crippen LogP contribution in [0.25, 0.3) is 10.9 Å². The predicted octanol–water partition coefficient (Wildman–Crippen LogP) is 2.71. The number of pyridine rings is 1. The Balaban J connectivity index is 0.00000243. The quantitative estimate of drug-likeness (QED) is 0.754. The van der Waals surface area contributed by atoms with E-state index in [9.17, 15) is 13.2 Å². The van der Waals surface area contributed by atoms with Crippen LogP contribution in [0.15, 0.2) is 48.5 Å². The first kappa shape index (κ1) is 19.8. The third kappa shape index (κ3) is 4.38. The average molecular weight is 382 g/mol. The van der Waals surface area contributed by atoms with Crippen LogP contribution in [0.4, 0.5) is 24.5 Å².